The number of rotatable bonds is 0. The van der Waals surface area contributed by atoms with Gasteiger partial charge in [0.15, 0.2) is 0 Å². The van der Waals surface area contributed by atoms with Gasteiger partial charge < -0.3 is 10.6 Å². The first-order valence-electron chi connectivity index (χ1n) is 3.78. The normalized spacial score (nSPS) is 26.5. The van der Waals surface area contributed by atoms with Crippen molar-refractivity contribution in [3.63, 3.8) is 0 Å². The van der Waals surface area contributed by atoms with Crippen LogP contribution in [0.2, 0.25) is 0 Å². The van der Waals surface area contributed by atoms with Gasteiger partial charge in [-0.2, -0.15) is 0 Å². The van der Waals surface area contributed by atoms with E-state index in [1.54, 1.807) is 4.90 Å². The summed E-state index contributed by atoms with van der Waals surface area (Å²) in [5.41, 5.74) is 5.14. The van der Waals surface area contributed by atoms with E-state index in [0.29, 0.717) is 6.04 Å². The van der Waals surface area contributed by atoms with Crippen LogP contribution < -0.4 is 5.73 Å². The van der Waals surface area contributed by atoms with Crippen LogP contribution in [-0.4, -0.2) is 23.5 Å². The van der Waals surface area contributed by atoms with Crippen LogP contribution in [0.1, 0.15) is 26.2 Å². The summed E-state index contributed by atoms with van der Waals surface area (Å²) in [4.78, 5) is 12.5. The van der Waals surface area contributed by atoms with Gasteiger partial charge in [-0.25, -0.2) is 4.79 Å². The summed E-state index contributed by atoms with van der Waals surface area (Å²) in [6, 6.07) is 0.0819. The molecule has 3 heteroatoms. The Balaban J connectivity index is 2.47. The second-order valence-corrected chi connectivity index (χ2v) is 2.88. The number of carbonyl (C=O) groups is 1. The topological polar surface area (TPSA) is 46.3 Å². The average molecular weight is 142 g/mol. The van der Waals surface area contributed by atoms with Crippen molar-refractivity contribution in [1.29, 1.82) is 0 Å². The molecular formula is C7H14N2O. The molecule has 1 heterocycles. The lowest BCUT2D eigenvalue weighted by molar-refractivity contribution is 0.167. The first-order chi connectivity index (χ1) is 4.72. The first kappa shape index (κ1) is 7.38. The molecule has 2 amide bonds. The quantitative estimate of drug-likeness (QED) is 0.537. The van der Waals surface area contributed by atoms with Gasteiger partial charge in [0.05, 0.1) is 0 Å². The van der Waals surface area contributed by atoms with Gasteiger partial charge >= 0.3 is 6.03 Å². The molecule has 0 bridgehead atoms. The number of urea groups is 1. The Hall–Kier alpha value is -0.730. The van der Waals surface area contributed by atoms with E-state index in [1.165, 1.54) is 6.42 Å². The number of nitrogens with zero attached hydrogens (tertiary/aromatic N) is 1. The van der Waals surface area contributed by atoms with E-state index in [-0.39, 0.29) is 6.03 Å². The first-order valence-corrected chi connectivity index (χ1v) is 3.78. The maximum absolute atomic E-state index is 10.7. The molecule has 0 aromatic carbocycles. The van der Waals surface area contributed by atoms with E-state index in [4.69, 9.17) is 5.73 Å². The average Bonchev–Trinajstić information content (AvgIpc) is 1.88. The number of hydrogen-bond donors (Lipinski definition) is 1. The number of nitrogens with two attached hydrogens (primary N) is 1. The lowest BCUT2D eigenvalue weighted by Crippen LogP contribution is -2.44. The fraction of sp³-hybridized carbons (Fsp3) is 0.857. The Kier molecular flexibility index (Phi) is 2.14. The maximum atomic E-state index is 10.7. The largest absolute Gasteiger partial charge is 0.351 e. The van der Waals surface area contributed by atoms with Crippen LogP contribution >= 0.6 is 0 Å². The van der Waals surface area contributed by atoms with Crippen molar-refractivity contribution in [2.45, 2.75) is 32.2 Å². The zero-order valence-corrected chi connectivity index (χ0v) is 6.34. The third-order valence-electron chi connectivity index (χ3n) is 2.09. The summed E-state index contributed by atoms with van der Waals surface area (Å²) in [5.74, 6) is 0. The van der Waals surface area contributed by atoms with Crippen molar-refractivity contribution in [1.82, 2.24) is 4.90 Å². The minimum atomic E-state index is -0.271. The predicted octanol–water partition coefficient (Wildman–Crippen LogP) is 0.940. The Labute approximate surface area is 61.2 Å². The Morgan fingerprint density at radius 3 is 2.70 bits per heavy atom. The highest BCUT2D eigenvalue weighted by Gasteiger charge is 2.20. The van der Waals surface area contributed by atoms with Crippen LogP contribution in [0.4, 0.5) is 4.79 Å². The maximum Gasteiger partial charge on any atom is 0.315 e. The molecule has 10 heavy (non-hydrogen) atoms. The standard InChI is InChI=1S/C7H14N2O/c1-6-4-2-3-5-9(6)7(8)10/h6H,2-5H2,1H3,(H2,8,10)/t6-/m1/s1. The zero-order valence-electron chi connectivity index (χ0n) is 6.34. The van der Waals surface area contributed by atoms with Gasteiger partial charge in [0.2, 0.25) is 0 Å². The Morgan fingerprint density at radius 1 is 1.60 bits per heavy atom. The summed E-state index contributed by atoms with van der Waals surface area (Å²) in [6.07, 6.45) is 3.43. The van der Waals surface area contributed by atoms with Gasteiger partial charge in [-0.3, -0.25) is 0 Å². The molecule has 0 radical (unpaired) electrons. The molecule has 1 rings (SSSR count). The second-order valence-electron chi connectivity index (χ2n) is 2.88. The molecule has 1 aliphatic rings. The van der Waals surface area contributed by atoms with Gasteiger partial charge in [0, 0.05) is 12.6 Å². The third-order valence-corrected chi connectivity index (χ3v) is 2.09. The van der Waals surface area contributed by atoms with Crippen molar-refractivity contribution in [2.75, 3.05) is 6.54 Å². The van der Waals surface area contributed by atoms with E-state index >= 15 is 0 Å². The van der Waals surface area contributed by atoms with E-state index in [0.717, 1.165) is 19.4 Å². The van der Waals surface area contributed by atoms with Crippen LogP contribution in [0, 0.1) is 0 Å². The van der Waals surface area contributed by atoms with Crippen molar-refractivity contribution in [3.8, 4) is 0 Å². The molecule has 3 nitrogen and oxygen atoms in total. The summed E-state index contributed by atoms with van der Waals surface area (Å²) in [6.45, 7) is 2.89. The Bertz CT molecular complexity index is 136. The fourth-order valence-corrected chi connectivity index (χ4v) is 1.43. The van der Waals surface area contributed by atoms with Gasteiger partial charge in [-0.05, 0) is 26.2 Å². The van der Waals surface area contributed by atoms with E-state index in [9.17, 15) is 4.79 Å². The molecule has 0 saturated carbocycles. The summed E-state index contributed by atoms with van der Waals surface area (Å²) < 4.78 is 0. The zero-order chi connectivity index (χ0) is 7.56. The lowest BCUT2D eigenvalue weighted by atomic mass is 10.0. The van der Waals surface area contributed by atoms with Crippen LogP contribution in [0.5, 0.6) is 0 Å². The molecule has 0 aromatic rings. The van der Waals surface area contributed by atoms with Crippen LogP contribution in [0.25, 0.3) is 0 Å². The number of piperidine rings is 1. The highest BCUT2D eigenvalue weighted by molar-refractivity contribution is 5.72. The van der Waals surface area contributed by atoms with Crippen LogP contribution in [0.3, 0.4) is 0 Å². The second kappa shape index (κ2) is 2.90. The van der Waals surface area contributed by atoms with E-state index in [1.807, 2.05) is 6.92 Å². The number of primary amides is 1. The molecule has 1 saturated heterocycles. The molecule has 1 fully saturated rings. The molecule has 58 valence electrons. The van der Waals surface area contributed by atoms with Gasteiger partial charge in [0.25, 0.3) is 0 Å². The lowest BCUT2D eigenvalue weighted by Gasteiger charge is -2.31. The van der Waals surface area contributed by atoms with Crippen molar-refractivity contribution in [3.05, 3.63) is 0 Å². The molecule has 0 spiro atoms. The third kappa shape index (κ3) is 1.40. The fourth-order valence-electron chi connectivity index (χ4n) is 1.43. The molecule has 1 aliphatic heterocycles. The number of hydrogen-bond acceptors (Lipinski definition) is 1. The smallest absolute Gasteiger partial charge is 0.315 e. The van der Waals surface area contributed by atoms with Gasteiger partial charge in [0.1, 0.15) is 0 Å². The van der Waals surface area contributed by atoms with Gasteiger partial charge in [-0.15, -0.1) is 0 Å². The summed E-state index contributed by atoms with van der Waals surface area (Å²) in [7, 11) is 0. The highest BCUT2D eigenvalue weighted by Crippen LogP contribution is 2.15. The molecule has 0 unspecified atom stereocenters. The summed E-state index contributed by atoms with van der Waals surface area (Å²) >= 11 is 0. The minimum Gasteiger partial charge on any atom is -0.351 e. The SMILES string of the molecule is C[C@@H]1CCCCN1C(N)=O. The van der Waals surface area contributed by atoms with Crippen molar-refractivity contribution in [2.24, 2.45) is 5.73 Å². The predicted molar refractivity (Wildman–Crippen MR) is 39.6 cm³/mol. The van der Waals surface area contributed by atoms with Crippen LogP contribution in [-0.2, 0) is 0 Å². The van der Waals surface area contributed by atoms with Gasteiger partial charge in [-0.1, -0.05) is 0 Å². The molecule has 1 atom stereocenters. The monoisotopic (exact) mass is 142 g/mol. The Morgan fingerprint density at radius 2 is 2.30 bits per heavy atom. The summed E-state index contributed by atoms with van der Waals surface area (Å²) in [5, 5.41) is 0. The van der Waals surface area contributed by atoms with E-state index < -0.39 is 0 Å². The van der Waals surface area contributed by atoms with Crippen LogP contribution in [0.15, 0.2) is 0 Å². The number of likely N-dealkylation sites (tertiary alicyclic amines) is 1. The molecule has 0 aliphatic carbocycles. The molecule has 0 aromatic heterocycles. The van der Waals surface area contributed by atoms with E-state index in [2.05, 4.69) is 0 Å². The van der Waals surface area contributed by atoms with Crippen molar-refractivity contribution < 1.29 is 4.79 Å². The number of amides is 2. The minimum absolute atomic E-state index is 0.271. The van der Waals surface area contributed by atoms with Crippen molar-refractivity contribution >= 4 is 6.03 Å². The molecule has 2 N–H and O–H groups in total. The number of carbonyl (C=O) groups excluding carboxylic acids is 1. The highest BCUT2D eigenvalue weighted by atomic mass is 16.2. The molecular weight excluding hydrogens is 128 g/mol.